The molecule has 3 aromatic heterocycles. The van der Waals surface area contributed by atoms with Crippen LogP contribution in [0.5, 0.6) is 0 Å². The Balaban J connectivity index is 1.48. The second kappa shape index (κ2) is 12.7. The lowest BCUT2D eigenvalue weighted by Crippen LogP contribution is -1.89. The number of hydrogen-bond acceptors (Lipinski definition) is 3. The van der Waals surface area contributed by atoms with Gasteiger partial charge in [-0.15, -0.1) is 0 Å². The molecule has 0 amide bonds. The van der Waals surface area contributed by atoms with E-state index in [9.17, 15) is 0 Å². The molecule has 0 fully saturated rings. The van der Waals surface area contributed by atoms with Crippen molar-refractivity contribution in [2.75, 3.05) is 0 Å². The summed E-state index contributed by atoms with van der Waals surface area (Å²) in [5.74, 6) is 0. The molecule has 0 spiro atoms. The molecule has 2 aliphatic heterocycles. The van der Waals surface area contributed by atoms with Crippen LogP contribution in [0.15, 0.2) is 147 Å². The van der Waals surface area contributed by atoms with E-state index in [1.807, 2.05) is 48.5 Å². The van der Waals surface area contributed by atoms with Gasteiger partial charge in [0, 0.05) is 31.1 Å². The Bertz CT molecular complexity index is 2460. The van der Waals surface area contributed by atoms with E-state index in [1.165, 1.54) is 0 Å². The van der Waals surface area contributed by atoms with Crippen molar-refractivity contribution < 1.29 is 4.42 Å². The van der Waals surface area contributed by atoms with Crippen LogP contribution in [0.1, 0.15) is 22.8 Å². The number of H-pyrrole nitrogens is 1. The van der Waals surface area contributed by atoms with E-state index in [-0.39, 0.29) is 0 Å². The number of furan rings is 1. The highest BCUT2D eigenvalue weighted by atomic mass is 79.9. The molecule has 5 heterocycles. The van der Waals surface area contributed by atoms with Gasteiger partial charge in [0.1, 0.15) is 11.2 Å². The molecule has 0 aliphatic carbocycles. The maximum Gasteiger partial charge on any atom is 0.137 e. The highest BCUT2D eigenvalue weighted by Gasteiger charge is 2.19. The van der Waals surface area contributed by atoms with Gasteiger partial charge in [-0.1, -0.05) is 117 Å². The predicted molar refractivity (Wildman–Crippen MR) is 214 cm³/mol. The van der Waals surface area contributed by atoms with Crippen LogP contribution in [0.3, 0.4) is 0 Å². The highest BCUT2D eigenvalue weighted by molar-refractivity contribution is 9.10. The third-order valence-electron chi connectivity index (χ3n) is 9.02. The number of halogens is 2. The van der Waals surface area contributed by atoms with Gasteiger partial charge < -0.3 is 9.40 Å². The van der Waals surface area contributed by atoms with Crippen molar-refractivity contribution in [2.45, 2.75) is 0 Å². The van der Waals surface area contributed by atoms with Crippen LogP contribution < -0.4 is 0 Å². The maximum atomic E-state index is 6.84. The van der Waals surface area contributed by atoms with Crippen LogP contribution in [-0.2, 0) is 0 Å². The van der Waals surface area contributed by atoms with E-state index < -0.39 is 0 Å². The van der Waals surface area contributed by atoms with Crippen LogP contribution in [-0.4, -0.2) is 15.0 Å². The molecule has 9 rings (SSSR count). The summed E-state index contributed by atoms with van der Waals surface area (Å²) in [4.78, 5) is 14.4. The molecule has 238 valence electrons. The first-order chi connectivity index (χ1) is 24.6. The van der Waals surface area contributed by atoms with E-state index in [0.717, 1.165) is 98.4 Å². The van der Waals surface area contributed by atoms with Gasteiger partial charge in [0.05, 0.1) is 33.9 Å². The number of nitrogens with one attached hydrogen (secondary N) is 1. The zero-order chi connectivity index (χ0) is 33.6. The lowest BCUT2D eigenvalue weighted by molar-refractivity contribution is 0.667. The van der Waals surface area contributed by atoms with Crippen LogP contribution in [0, 0.1) is 0 Å². The van der Waals surface area contributed by atoms with E-state index in [1.54, 1.807) is 0 Å². The lowest BCUT2D eigenvalue weighted by atomic mass is 10.0. The van der Waals surface area contributed by atoms with Crippen LogP contribution in [0.2, 0.25) is 0 Å². The lowest BCUT2D eigenvalue weighted by Gasteiger charge is -2.07. The summed E-state index contributed by atoms with van der Waals surface area (Å²) in [6.45, 7) is 0. The van der Waals surface area contributed by atoms with Gasteiger partial charge in [-0.25, -0.2) is 9.97 Å². The average molecular weight is 774 g/mol. The quantitative estimate of drug-likeness (QED) is 0.194. The molecular formula is C44H27Br2N3O. The molecule has 8 bridgehead atoms. The van der Waals surface area contributed by atoms with Gasteiger partial charge in [0.25, 0.3) is 0 Å². The third kappa shape index (κ3) is 5.56. The topological polar surface area (TPSA) is 54.7 Å². The monoisotopic (exact) mass is 771 g/mol. The second-order valence-electron chi connectivity index (χ2n) is 12.1. The number of fused-ring (bicyclic) bond motifs is 8. The van der Waals surface area contributed by atoms with Crippen LogP contribution in [0.25, 0.3) is 91.0 Å². The fourth-order valence-corrected chi connectivity index (χ4v) is 7.26. The minimum absolute atomic E-state index is 0.734. The Kier molecular flexibility index (Phi) is 7.76. The normalized spacial score (nSPS) is 12.0. The number of benzene rings is 4. The molecule has 0 saturated carbocycles. The number of nitrogens with zero attached hydrogens (tertiary/aromatic N) is 2. The molecule has 0 unspecified atom stereocenters. The van der Waals surface area contributed by atoms with Crippen molar-refractivity contribution in [3.05, 3.63) is 165 Å². The van der Waals surface area contributed by atoms with Gasteiger partial charge in [-0.2, -0.15) is 0 Å². The molecule has 4 aromatic carbocycles. The number of aromatic nitrogens is 3. The molecular weight excluding hydrogens is 746 g/mol. The Morgan fingerprint density at radius 2 is 0.740 bits per heavy atom. The summed E-state index contributed by atoms with van der Waals surface area (Å²) in [6.07, 6.45) is 8.38. The van der Waals surface area contributed by atoms with Crippen molar-refractivity contribution in [3.8, 4) is 44.5 Å². The number of aromatic amines is 1. The first kappa shape index (κ1) is 30.5. The summed E-state index contributed by atoms with van der Waals surface area (Å²) >= 11 is 7.24. The van der Waals surface area contributed by atoms with Gasteiger partial charge >= 0.3 is 0 Å². The highest BCUT2D eigenvalue weighted by Crippen LogP contribution is 2.39. The largest absolute Gasteiger partial charge is 0.456 e. The maximum absolute atomic E-state index is 6.84. The van der Waals surface area contributed by atoms with E-state index in [0.29, 0.717) is 0 Å². The van der Waals surface area contributed by atoms with Crippen molar-refractivity contribution in [3.63, 3.8) is 0 Å². The first-order valence-corrected chi connectivity index (χ1v) is 17.9. The fraction of sp³-hybridized carbons (Fsp3) is 0. The molecule has 2 aliphatic rings. The minimum atomic E-state index is 0.734. The SMILES string of the molecule is Brc1ccc(-c2c3nc(c(-c4ccccc4)c4ccc(o4)c(-c4ccccc4)c4nc(c(-c5ccc(Br)cc5)c5ccc2[nH]5)C=C4)C=C3)cc1. The molecule has 7 aromatic rings. The van der Waals surface area contributed by atoms with Gasteiger partial charge in [0.15, 0.2) is 0 Å². The van der Waals surface area contributed by atoms with Crippen molar-refractivity contribution in [2.24, 2.45) is 0 Å². The van der Waals surface area contributed by atoms with Crippen molar-refractivity contribution in [1.82, 2.24) is 15.0 Å². The summed E-state index contributed by atoms with van der Waals surface area (Å²) in [5, 5.41) is 0. The van der Waals surface area contributed by atoms with E-state index >= 15 is 0 Å². The Morgan fingerprint density at radius 1 is 0.380 bits per heavy atom. The molecule has 1 N–H and O–H groups in total. The van der Waals surface area contributed by atoms with Crippen molar-refractivity contribution >= 4 is 78.4 Å². The van der Waals surface area contributed by atoms with Crippen molar-refractivity contribution in [1.29, 1.82) is 0 Å². The fourth-order valence-electron chi connectivity index (χ4n) is 6.73. The summed E-state index contributed by atoms with van der Waals surface area (Å²) < 4.78 is 8.87. The standard InChI is InChI=1S/C44H27Br2N3O/c45-31-15-11-29(12-16-31)41-33-19-20-34(47-33)42(30-13-17-32(46)18-14-30)36-22-24-38(49-36)44(28-9-5-2-6-10-28)40-26-25-39(50-40)43(27-7-3-1-4-8-27)37-23-21-35(41)48-37/h1-26,47H. The molecule has 50 heavy (non-hydrogen) atoms. The Hall–Kier alpha value is -5.56. The smallest absolute Gasteiger partial charge is 0.137 e. The number of rotatable bonds is 4. The predicted octanol–water partition coefficient (Wildman–Crippen LogP) is 13.1. The van der Waals surface area contributed by atoms with E-state index in [4.69, 9.17) is 14.4 Å². The molecule has 0 saturated heterocycles. The van der Waals surface area contributed by atoms with Crippen LogP contribution in [0.4, 0.5) is 0 Å². The van der Waals surface area contributed by atoms with Gasteiger partial charge in [0.2, 0.25) is 0 Å². The molecule has 0 atom stereocenters. The first-order valence-electron chi connectivity index (χ1n) is 16.3. The zero-order valence-electron chi connectivity index (χ0n) is 26.6. The summed E-state index contributed by atoms with van der Waals surface area (Å²) in [5.41, 5.74) is 14.8. The van der Waals surface area contributed by atoms with Crippen LogP contribution >= 0.6 is 31.9 Å². The molecule has 0 radical (unpaired) electrons. The molecule has 6 heteroatoms. The van der Waals surface area contributed by atoms with E-state index in [2.05, 4.69) is 146 Å². The zero-order valence-corrected chi connectivity index (χ0v) is 29.7. The summed E-state index contributed by atoms with van der Waals surface area (Å²) in [6, 6.07) is 45.8. The van der Waals surface area contributed by atoms with Gasteiger partial charge in [-0.3, -0.25) is 0 Å². The third-order valence-corrected chi connectivity index (χ3v) is 10.1. The molecule has 4 nitrogen and oxygen atoms in total. The Morgan fingerprint density at radius 3 is 1.14 bits per heavy atom. The van der Waals surface area contributed by atoms with Gasteiger partial charge in [-0.05, 0) is 95.1 Å². The Labute approximate surface area is 305 Å². The minimum Gasteiger partial charge on any atom is -0.456 e. The average Bonchev–Trinajstić information content (AvgIpc) is 3.98. The number of hydrogen-bond donors (Lipinski definition) is 1. The second-order valence-corrected chi connectivity index (χ2v) is 14.0. The summed E-state index contributed by atoms with van der Waals surface area (Å²) in [7, 11) is 0.